The van der Waals surface area contributed by atoms with E-state index in [-0.39, 0.29) is 50.6 Å². The molecule has 62 heavy (non-hydrogen) atoms. The maximum atomic E-state index is 12.8. The van der Waals surface area contributed by atoms with Crippen LogP contribution >= 0.6 is 0 Å². The molecule has 0 saturated carbocycles. The zero-order valence-corrected chi connectivity index (χ0v) is 34.2. The molecule has 4 amide bonds. The highest BCUT2D eigenvalue weighted by atomic mass is 16.6. The van der Waals surface area contributed by atoms with Gasteiger partial charge in [0.1, 0.15) is 0 Å². The largest absolute Gasteiger partial charge is 0.450 e. The van der Waals surface area contributed by atoms with Gasteiger partial charge in [-0.1, -0.05) is 84.9 Å². The molecule has 0 bridgehead atoms. The van der Waals surface area contributed by atoms with Gasteiger partial charge in [-0.05, 0) is 27.7 Å². The number of hydrogen-bond donors (Lipinski definition) is 2. The number of nitro benzene ring substituents is 2. The lowest BCUT2D eigenvalue weighted by molar-refractivity contribution is -0.385. The molecule has 0 unspecified atom stereocenters. The van der Waals surface area contributed by atoms with E-state index in [0.29, 0.717) is 33.7 Å². The average molecular weight is 853 g/mol. The number of ether oxygens (including phenoxy) is 4. The van der Waals surface area contributed by atoms with E-state index >= 15 is 0 Å². The van der Waals surface area contributed by atoms with Crippen molar-refractivity contribution < 1.29 is 48.0 Å². The lowest BCUT2D eigenvalue weighted by Gasteiger charge is -2.36. The molecule has 2 aliphatic heterocycles. The van der Waals surface area contributed by atoms with E-state index in [0.717, 1.165) is 10.0 Å². The summed E-state index contributed by atoms with van der Waals surface area (Å²) in [6.45, 7) is 7.10. The molecular formula is C42H44N8O12. The summed E-state index contributed by atoms with van der Waals surface area (Å²) in [6.07, 6.45) is -2.93. The van der Waals surface area contributed by atoms with Crippen molar-refractivity contribution >= 4 is 47.2 Å². The van der Waals surface area contributed by atoms with E-state index in [1.165, 1.54) is 36.4 Å². The molecule has 324 valence electrons. The Bertz CT molecular complexity index is 2180. The van der Waals surface area contributed by atoms with Crippen LogP contribution in [-0.2, 0) is 30.3 Å². The molecule has 0 radical (unpaired) electrons. The number of amides is 4. The Balaban J connectivity index is 0.000000234. The second-order valence-electron chi connectivity index (χ2n) is 13.2. The van der Waals surface area contributed by atoms with Crippen LogP contribution in [-0.4, -0.2) is 82.1 Å². The van der Waals surface area contributed by atoms with E-state index in [1.807, 2.05) is 0 Å². The standard InChI is InChI=1S/2C21H22N4O6/c2*1-3-30-19(26)22-21(16-10-6-5-7-11-16)14-18(23-24(21)20(27)31-4-2)15-9-8-12-17(13-15)25(28)29/h2*5-13H,3-4,14H2,1-2H3,(H,22,26)/t2*21-/m00/s1. The third-order valence-corrected chi connectivity index (χ3v) is 9.34. The molecule has 4 aromatic rings. The normalized spacial score (nSPS) is 17.6. The van der Waals surface area contributed by atoms with Crippen LogP contribution in [0, 0.1) is 20.2 Å². The third kappa shape index (κ3) is 10.1. The molecule has 20 heteroatoms. The summed E-state index contributed by atoms with van der Waals surface area (Å²) in [6, 6.07) is 29.5. The Morgan fingerprint density at radius 1 is 0.565 bits per heavy atom. The summed E-state index contributed by atoms with van der Waals surface area (Å²) in [5.74, 6) is 0. The van der Waals surface area contributed by atoms with Gasteiger partial charge in [-0.25, -0.2) is 19.2 Å². The first-order chi connectivity index (χ1) is 29.8. The molecule has 0 aromatic heterocycles. The first kappa shape index (κ1) is 45.2. The van der Waals surface area contributed by atoms with Gasteiger partial charge in [-0.3, -0.25) is 30.9 Å². The summed E-state index contributed by atoms with van der Waals surface area (Å²) >= 11 is 0. The maximum Gasteiger partial charge on any atom is 0.432 e. The van der Waals surface area contributed by atoms with E-state index in [4.69, 9.17) is 18.9 Å². The highest BCUT2D eigenvalue weighted by Gasteiger charge is 2.51. The van der Waals surface area contributed by atoms with Gasteiger partial charge in [-0.2, -0.15) is 20.2 Å². The highest BCUT2D eigenvalue weighted by molar-refractivity contribution is 6.05. The number of non-ortho nitro benzene ring substituents is 2. The highest BCUT2D eigenvalue weighted by Crippen LogP contribution is 2.40. The van der Waals surface area contributed by atoms with Crippen LogP contribution < -0.4 is 10.6 Å². The van der Waals surface area contributed by atoms with E-state index in [9.17, 15) is 39.4 Å². The number of nitrogens with zero attached hydrogens (tertiary/aromatic N) is 6. The van der Waals surface area contributed by atoms with Crippen molar-refractivity contribution in [1.29, 1.82) is 0 Å². The fourth-order valence-electron chi connectivity index (χ4n) is 6.68. The van der Waals surface area contributed by atoms with E-state index in [2.05, 4.69) is 20.8 Å². The number of carbonyl (C=O) groups excluding carboxylic acids is 4. The van der Waals surface area contributed by atoms with Crippen molar-refractivity contribution in [3.63, 3.8) is 0 Å². The van der Waals surface area contributed by atoms with Crippen molar-refractivity contribution in [2.45, 2.75) is 51.9 Å². The summed E-state index contributed by atoms with van der Waals surface area (Å²) in [5.41, 5.74) is -0.300. The Morgan fingerprint density at radius 2 is 0.919 bits per heavy atom. The van der Waals surface area contributed by atoms with Gasteiger partial charge in [0.25, 0.3) is 11.4 Å². The number of alkyl carbamates (subject to hydrolysis) is 2. The van der Waals surface area contributed by atoms with Gasteiger partial charge < -0.3 is 18.9 Å². The zero-order valence-electron chi connectivity index (χ0n) is 34.2. The van der Waals surface area contributed by atoms with Gasteiger partial charge in [0.15, 0.2) is 11.3 Å². The minimum Gasteiger partial charge on any atom is -0.450 e. The fourth-order valence-corrected chi connectivity index (χ4v) is 6.68. The second kappa shape index (κ2) is 20.4. The third-order valence-electron chi connectivity index (χ3n) is 9.34. The van der Waals surface area contributed by atoms with Crippen LogP contribution in [0.1, 0.15) is 62.8 Å². The van der Waals surface area contributed by atoms with Crippen molar-refractivity contribution in [3.8, 4) is 0 Å². The first-order valence-corrected chi connectivity index (χ1v) is 19.4. The van der Waals surface area contributed by atoms with Crippen molar-refractivity contribution in [1.82, 2.24) is 20.7 Å². The van der Waals surface area contributed by atoms with Gasteiger partial charge >= 0.3 is 24.4 Å². The molecule has 0 aliphatic carbocycles. The molecule has 0 saturated heterocycles. The molecule has 2 heterocycles. The Morgan fingerprint density at radius 3 is 1.24 bits per heavy atom. The van der Waals surface area contributed by atoms with Crippen molar-refractivity contribution in [2.24, 2.45) is 10.2 Å². The fraction of sp³-hybridized carbons (Fsp3) is 0.286. The number of nitrogens with one attached hydrogen (secondary N) is 2. The van der Waals surface area contributed by atoms with Crippen LogP contribution in [0.5, 0.6) is 0 Å². The molecule has 4 aromatic carbocycles. The van der Waals surface area contributed by atoms with Crippen LogP contribution in [0.25, 0.3) is 0 Å². The quantitative estimate of drug-likeness (QED) is 0.0798. The van der Waals surface area contributed by atoms with Gasteiger partial charge in [0.2, 0.25) is 0 Å². The van der Waals surface area contributed by atoms with Crippen LogP contribution in [0.2, 0.25) is 0 Å². The average Bonchev–Trinajstić information content (AvgIpc) is 3.86. The van der Waals surface area contributed by atoms with Crippen LogP contribution in [0.4, 0.5) is 30.6 Å². The minimum atomic E-state index is -1.43. The van der Waals surface area contributed by atoms with Crippen molar-refractivity contribution in [3.05, 3.63) is 152 Å². The Labute approximate surface area is 355 Å². The molecule has 20 nitrogen and oxygen atoms in total. The van der Waals surface area contributed by atoms with E-state index in [1.54, 1.807) is 100 Å². The number of rotatable bonds is 12. The van der Waals surface area contributed by atoms with Crippen LogP contribution in [0.15, 0.2) is 119 Å². The smallest absolute Gasteiger partial charge is 0.432 e. The predicted molar refractivity (Wildman–Crippen MR) is 223 cm³/mol. The van der Waals surface area contributed by atoms with Gasteiger partial charge in [-0.15, -0.1) is 0 Å². The lowest BCUT2D eigenvalue weighted by atomic mass is 9.91. The first-order valence-electron chi connectivity index (χ1n) is 19.4. The Hall–Kier alpha value is -7.90. The van der Waals surface area contributed by atoms with Gasteiger partial charge in [0.05, 0.1) is 47.7 Å². The number of hydrazone groups is 2. The molecule has 2 atom stereocenters. The number of hydrogen-bond acceptors (Lipinski definition) is 14. The van der Waals surface area contributed by atoms with Crippen molar-refractivity contribution in [2.75, 3.05) is 26.4 Å². The summed E-state index contributed by atoms with van der Waals surface area (Å²) in [4.78, 5) is 71.9. The molecule has 0 spiro atoms. The molecule has 0 fully saturated rings. The zero-order chi connectivity index (χ0) is 44.9. The number of carbonyl (C=O) groups is 4. The Kier molecular flexibility index (Phi) is 14.9. The lowest BCUT2D eigenvalue weighted by Crippen LogP contribution is -2.56. The monoisotopic (exact) mass is 852 g/mol. The predicted octanol–water partition coefficient (Wildman–Crippen LogP) is 7.52. The number of benzene rings is 4. The molecular weight excluding hydrogens is 809 g/mol. The topological polar surface area (TPSA) is 247 Å². The summed E-state index contributed by atoms with van der Waals surface area (Å²) in [5, 5.41) is 38.8. The van der Waals surface area contributed by atoms with Gasteiger partial charge in [0, 0.05) is 59.4 Å². The number of nitro groups is 2. The van der Waals surface area contributed by atoms with E-state index < -0.39 is 45.5 Å². The maximum absolute atomic E-state index is 12.8. The summed E-state index contributed by atoms with van der Waals surface area (Å²) < 4.78 is 20.5. The van der Waals surface area contributed by atoms with Crippen LogP contribution in [0.3, 0.4) is 0 Å². The molecule has 6 rings (SSSR count). The SMILES string of the molecule is CCOC(=O)N[C@@]1(c2ccccc2)CC(c2cccc([N+](=O)[O-])c2)=NN1C(=O)OCC.CCOC(=O)N[C@@]1(c2ccccc2)CC(c2cccc([N+](=O)[O-])c2)=NN1C(=O)OCC. The molecule has 2 aliphatic rings. The molecule has 2 N–H and O–H groups in total. The second-order valence-corrected chi connectivity index (χ2v) is 13.2. The minimum absolute atomic E-state index is 0.0514. The summed E-state index contributed by atoms with van der Waals surface area (Å²) in [7, 11) is 0.